The monoisotopic (exact) mass is 171 g/mol. The van der Waals surface area contributed by atoms with Crippen molar-refractivity contribution < 1.29 is 10.0 Å². The van der Waals surface area contributed by atoms with E-state index in [-0.39, 0.29) is 11.8 Å². The van der Waals surface area contributed by atoms with Crippen LogP contribution in [-0.4, -0.2) is 11.1 Å². The molecule has 3 nitrogen and oxygen atoms in total. The Morgan fingerprint density at radius 2 is 2.00 bits per heavy atom. The van der Waals surface area contributed by atoms with Crippen molar-refractivity contribution in [1.82, 2.24) is 5.48 Å². The summed E-state index contributed by atoms with van der Waals surface area (Å²) in [7, 11) is 0. The van der Waals surface area contributed by atoms with Gasteiger partial charge < -0.3 is 0 Å². The van der Waals surface area contributed by atoms with Crippen molar-refractivity contribution in [3.63, 3.8) is 0 Å². The minimum atomic E-state index is -0.204. The quantitative estimate of drug-likeness (QED) is 0.491. The molecular weight excluding hydrogens is 154 g/mol. The molecule has 0 aromatic rings. The molecule has 1 aliphatic carbocycles. The highest BCUT2D eigenvalue weighted by atomic mass is 16.5. The van der Waals surface area contributed by atoms with Crippen LogP contribution in [-0.2, 0) is 4.79 Å². The number of carbonyl (C=O) groups excluding carboxylic acids is 1. The SMILES string of the molecule is CCC1CCC(C(=O)NO)CC1. The largest absolute Gasteiger partial charge is 0.289 e. The normalized spacial score (nSPS) is 29.8. The summed E-state index contributed by atoms with van der Waals surface area (Å²) in [4.78, 5) is 11.0. The fourth-order valence-corrected chi connectivity index (χ4v) is 1.92. The standard InChI is InChI=1S/C9H17NO2/c1-2-7-3-5-8(6-4-7)9(11)10-12/h7-8,12H,2-6H2,1H3,(H,10,11). The summed E-state index contributed by atoms with van der Waals surface area (Å²) in [5.41, 5.74) is 1.73. The Bertz CT molecular complexity index is 151. The van der Waals surface area contributed by atoms with E-state index in [1.54, 1.807) is 5.48 Å². The summed E-state index contributed by atoms with van der Waals surface area (Å²) in [6, 6.07) is 0. The van der Waals surface area contributed by atoms with Crippen LogP contribution in [0.2, 0.25) is 0 Å². The molecule has 0 aromatic carbocycles. The lowest BCUT2D eigenvalue weighted by Gasteiger charge is -2.25. The van der Waals surface area contributed by atoms with E-state index in [0.29, 0.717) is 0 Å². The van der Waals surface area contributed by atoms with Gasteiger partial charge in [0.05, 0.1) is 0 Å². The van der Waals surface area contributed by atoms with Gasteiger partial charge >= 0.3 is 0 Å². The first-order valence-electron chi connectivity index (χ1n) is 4.71. The average Bonchev–Trinajstić information content (AvgIpc) is 2.17. The van der Waals surface area contributed by atoms with Gasteiger partial charge in [0.25, 0.3) is 0 Å². The molecule has 70 valence electrons. The van der Waals surface area contributed by atoms with Crippen molar-refractivity contribution in [2.45, 2.75) is 39.0 Å². The summed E-state index contributed by atoms with van der Waals surface area (Å²) >= 11 is 0. The molecule has 0 spiro atoms. The minimum Gasteiger partial charge on any atom is -0.289 e. The highest BCUT2D eigenvalue weighted by Crippen LogP contribution is 2.30. The van der Waals surface area contributed by atoms with Gasteiger partial charge in [-0.1, -0.05) is 13.3 Å². The second-order valence-electron chi connectivity index (χ2n) is 3.60. The molecule has 1 fully saturated rings. The predicted octanol–water partition coefficient (Wildman–Crippen LogP) is 1.71. The van der Waals surface area contributed by atoms with Crippen LogP contribution >= 0.6 is 0 Å². The number of hydroxylamine groups is 1. The van der Waals surface area contributed by atoms with Gasteiger partial charge in [-0.05, 0) is 31.6 Å². The minimum absolute atomic E-state index is 0.0535. The van der Waals surface area contributed by atoms with E-state index in [2.05, 4.69) is 6.92 Å². The summed E-state index contributed by atoms with van der Waals surface area (Å²) in [6.45, 7) is 2.19. The third-order valence-corrected chi connectivity index (χ3v) is 2.91. The first-order chi connectivity index (χ1) is 5.77. The number of amides is 1. The Labute approximate surface area is 73.1 Å². The van der Waals surface area contributed by atoms with E-state index in [0.717, 1.165) is 31.6 Å². The number of carbonyl (C=O) groups is 1. The second-order valence-corrected chi connectivity index (χ2v) is 3.60. The Morgan fingerprint density at radius 1 is 1.42 bits per heavy atom. The lowest BCUT2D eigenvalue weighted by Crippen LogP contribution is -2.30. The zero-order valence-electron chi connectivity index (χ0n) is 7.55. The fourth-order valence-electron chi connectivity index (χ4n) is 1.92. The van der Waals surface area contributed by atoms with E-state index < -0.39 is 0 Å². The van der Waals surface area contributed by atoms with Crippen LogP contribution in [0.15, 0.2) is 0 Å². The smallest absolute Gasteiger partial charge is 0.246 e. The molecule has 0 radical (unpaired) electrons. The molecule has 2 N–H and O–H groups in total. The number of hydrogen-bond acceptors (Lipinski definition) is 2. The number of rotatable bonds is 2. The van der Waals surface area contributed by atoms with Crippen LogP contribution in [0, 0.1) is 11.8 Å². The number of hydrogen-bond donors (Lipinski definition) is 2. The molecule has 1 saturated carbocycles. The topological polar surface area (TPSA) is 49.3 Å². The van der Waals surface area contributed by atoms with Crippen molar-refractivity contribution in [1.29, 1.82) is 0 Å². The van der Waals surface area contributed by atoms with Gasteiger partial charge in [-0.2, -0.15) is 0 Å². The molecule has 1 aliphatic rings. The molecule has 0 aliphatic heterocycles. The third-order valence-electron chi connectivity index (χ3n) is 2.91. The van der Waals surface area contributed by atoms with E-state index in [1.807, 2.05) is 0 Å². The summed E-state index contributed by atoms with van der Waals surface area (Å²) in [5, 5.41) is 8.41. The Balaban J connectivity index is 2.30. The summed E-state index contributed by atoms with van der Waals surface area (Å²) in [6.07, 6.45) is 5.35. The van der Waals surface area contributed by atoms with Gasteiger partial charge in [-0.3, -0.25) is 10.0 Å². The number of nitrogens with one attached hydrogen (secondary N) is 1. The lowest BCUT2D eigenvalue weighted by atomic mass is 9.80. The van der Waals surface area contributed by atoms with E-state index in [4.69, 9.17) is 5.21 Å². The first kappa shape index (κ1) is 9.52. The molecule has 12 heavy (non-hydrogen) atoms. The van der Waals surface area contributed by atoms with Crippen molar-refractivity contribution in [2.24, 2.45) is 11.8 Å². The van der Waals surface area contributed by atoms with Gasteiger partial charge in [0.1, 0.15) is 0 Å². The highest BCUT2D eigenvalue weighted by molar-refractivity contribution is 5.77. The van der Waals surface area contributed by atoms with Gasteiger partial charge in [0, 0.05) is 5.92 Å². The van der Waals surface area contributed by atoms with Gasteiger partial charge in [-0.15, -0.1) is 0 Å². The molecular formula is C9H17NO2. The maximum Gasteiger partial charge on any atom is 0.246 e. The van der Waals surface area contributed by atoms with Crippen molar-refractivity contribution in [3.05, 3.63) is 0 Å². The van der Waals surface area contributed by atoms with E-state index in [9.17, 15) is 4.79 Å². The molecule has 1 amide bonds. The zero-order chi connectivity index (χ0) is 8.97. The average molecular weight is 171 g/mol. The van der Waals surface area contributed by atoms with Crippen molar-refractivity contribution in [3.8, 4) is 0 Å². The van der Waals surface area contributed by atoms with Crippen LogP contribution in [0.4, 0.5) is 0 Å². The van der Waals surface area contributed by atoms with Crippen LogP contribution < -0.4 is 5.48 Å². The van der Waals surface area contributed by atoms with Crippen LogP contribution in [0.1, 0.15) is 39.0 Å². The van der Waals surface area contributed by atoms with Crippen molar-refractivity contribution >= 4 is 5.91 Å². The van der Waals surface area contributed by atoms with E-state index >= 15 is 0 Å². The lowest BCUT2D eigenvalue weighted by molar-refractivity contribution is -0.134. The maximum atomic E-state index is 11.0. The maximum absolute atomic E-state index is 11.0. The van der Waals surface area contributed by atoms with Gasteiger partial charge in [0.15, 0.2) is 0 Å². The van der Waals surface area contributed by atoms with Crippen LogP contribution in [0.3, 0.4) is 0 Å². The molecule has 0 saturated heterocycles. The molecule has 0 aromatic heterocycles. The van der Waals surface area contributed by atoms with Crippen LogP contribution in [0.5, 0.6) is 0 Å². The Kier molecular flexibility index (Phi) is 3.53. The molecule has 0 bridgehead atoms. The second kappa shape index (κ2) is 4.45. The summed E-state index contributed by atoms with van der Waals surface area (Å²) < 4.78 is 0. The Hall–Kier alpha value is -0.570. The first-order valence-corrected chi connectivity index (χ1v) is 4.71. The van der Waals surface area contributed by atoms with Gasteiger partial charge in [0.2, 0.25) is 5.91 Å². The molecule has 0 atom stereocenters. The molecule has 0 unspecified atom stereocenters. The fraction of sp³-hybridized carbons (Fsp3) is 0.889. The highest BCUT2D eigenvalue weighted by Gasteiger charge is 2.24. The van der Waals surface area contributed by atoms with Crippen molar-refractivity contribution in [2.75, 3.05) is 0 Å². The predicted molar refractivity (Wildman–Crippen MR) is 45.7 cm³/mol. The molecule has 1 rings (SSSR count). The zero-order valence-corrected chi connectivity index (χ0v) is 7.55. The Morgan fingerprint density at radius 3 is 2.42 bits per heavy atom. The van der Waals surface area contributed by atoms with Gasteiger partial charge in [-0.25, -0.2) is 5.48 Å². The molecule has 0 heterocycles. The van der Waals surface area contributed by atoms with Crippen LogP contribution in [0.25, 0.3) is 0 Å². The third kappa shape index (κ3) is 2.21. The summed E-state index contributed by atoms with van der Waals surface area (Å²) in [5.74, 6) is 0.648. The molecule has 3 heteroatoms. The van der Waals surface area contributed by atoms with E-state index in [1.165, 1.54) is 6.42 Å².